The van der Waals surface area contributed by atoms with Gasteiger partial charge in [0, 0.05) is 38.6 Å². The highest BCUT2D eigenvalue weighted by Gasteiger charge is 2.16. The van der Waals surface area contributed by atoms with Crippen molar-refractivity contribution >= 4 is 93.1 Å². The van der Waals surface area contributed by atoms with Gasteiger partial charge in [0.2, 0.25) is 0 Å². The summed E-state index contributed by atoms with van der Waals surface area (Å²) < 4.78 is 1.06. The normalized spacial score (nSPS) is 11.1. The van der Waals surface area contributed by atoms with E-state index < -0.39 is 0 Å². The molecule has 0 radical (unpaired) electrons. The van der Waals surface area contributed by atoms with Crippen molar-refractivity contribution in [2.75, 3.05) is 9.80 Å². The van der Waals surface area contributed by atoms with E-state index in [2.05, 4.69) is 347 Å². The van der Waals surface area contributed by atoms with E-state index in [1.807, 2.05) is 0 Å². The van der Waals surface area contributed by atoms with Crippen LogP contribution in [-0.4, -0.2) is 0 Å². The van der Waals surface area contributed by atoms with E-state index in [0.717, 1.165) is 38.6 Å². The van der Waals surface area contributed by atoms with E-state index in [-0.39, 0.29) is 0 Å². The van der Waals surface area contributed by atoms with E-state index in [0.29, 0.717) is 0 Å². The SMILES string of the molecule is Brc1ccc(N(c2ccc(-c3ccc4ccccc4c3)cc2)c2ccc(-c3ccc4ccccc4c3)cc2)cc1.c1ccc(N(c2ccc(-c3ccc4ccccc4c3)cc2)c2ccc(-c3ccc4ccccc4c3)cc2)cc1. The fourth-order valence-corrected chi connectivity index (χ4v) is 11.0. The number of hydrogen-bond donors (Lipinski definition) is 0. The van der Waals surface area contributed by atoms with Gasteiger partial charge >= 0.3 is 0 Å². The van der Waals surface area contributed by atoms with Gasteiger partial charge in [-0.25, -0.2) is 0 Å². The van der Waals surface area contributed by atoms with Gasteiger partial charge in [-0.05, 0) is 197 Å². The number of fused-ring (bicyclic) bond motifs is 4. The number of rotatable bonds is 10. The largest absolute Gasteiger partial charge is 0.311 e. The summed E-state index contributed by atoms with van der Waals surface area (Å²) in [7, 11) is 0. The standard InChI is InChI=1S/C38H26BrN.C38H27N/c39-35-17-23-38(24-18-35)40(36-19-13-29(14-20-36)33-11-9-27-5-1-3-7-31(27)25-33)37-21-15-30(16-22-37)34-12-10-28-6-2-4-8-32(28)26-34;1-2-12-36(13-3-1)39(37-22-18-30(19-23-37)34-16-14-28-8-4-6-10-32(28)26-34)38-24-20-31(21-25-38)35-17-15-29-9-5-7-11-33(29)27-35/h1-26H;1-27H. The first-order valence-corrected chi connectivity index (χ1v) is 27.6. The van der Waals surface area contributed by atoms with E-state index in [1.54, 1.807) is 0 Å². The van der Waals surface area contributed by atoms with E-state index in [4.69, 9.17) is 0 Å². The van der Waals surface area contributed by atoms with Gasteiger partial charge in [0.15, 0.2) is 0 Å². The maximum Gasteiger partial charge on any atom is 0.0462 e. The van der Waals surface area contributed by atoms with Crippen LogP contribution in [0.15, 0.2) is 326 Å². The zero-order chi connectivity index (χ0) is 52.9. The molecule has 0 saturated carbocycles. The first-order chi connectivity index (χ1) is 39.0. The quantitative estimate of drug-likeness (QED) is 0.135. The second-order valence-electron chi connectivity index (χ2n) is 19.9. The molecule has 0 spiro atoms. The lowest BCUT2D eigenvalue weighted by atomic mass is 10.00. The minimum absolute atomic E-state index is 1.06. The predicted molar refractivity (Wildman–Crippen MR) is 342 cm³/mol. The molecule has 0 heterocycles. The molecule has 79 heavy (non-hydrogen) atoms. The Morgan fingerprint density at radius 1 is 0.165 bits per heavy atom. The van der Waals surface area contributed by atoms with E-state index in [9.17, 15) is 0 Å². The average Bonchev–Trinajstić information content (AvgIpc) is 3.57. The molecule has 0 bridgehead atoms. The molecule has 14 rings (SSSR count). The van der Waals surface area contributed by atoms with Gasteiger partial charge < -0.3 is 9.80 Å². The van der Waals surface area contributed by atoms with Gasteiger partial charge in [0.1, 0.15) is 0 Å². The van der Waals surface area contributed by atoms with Gasteiger partial charge in [-0.2, -0.15) is 0 Å². The van der Waals surface area contributed by atoms with Crippen LogP contribution in [0.4, 0.5) is 34.1 Å². The molecule has 14 aromatic rings. The van der Waals surface area contributed by atoms with Crippen molar-refractivity contribution in [1.29, 1.82) is 0 Å². The van der Waals surface area contributed by atoms with E-state index >= 15 is 0 Å². The summed E-state index contributed by atoms with van der Waals surface area (Å²) in [5, 5.41) is 10.1. The number of para-hydroxylation sites is 1. The lowest BCUT2D eigenvalue weighted by molar-refractivity contribution is 1.28. The Hall–Kier alpha value is -9.80. The number of halogens is 1. The molecule has 374 valence electrons. The second-order valence-corrected chi connectivity index (χ2v) is 20.8. The number of anilines is 6. The van der Waals surface area contributed by atoms with Crippen LogP contribution in [0.2, 0.25) is 0 Å². The van der Waals surface area contributed by atoms with Crippen molar-refractivity contribution in [3.8, 4) is 44.5 Å². The van der Waals surface area contributed by atoms with Gasteiger partial charge in [-0.3, -0.25) is 0 Å². The highest BCUT2D eigenvalue weighted by atomic mass is 79.9. The summed E-state index contributed by atoms with van der Waals surface area (Å²) in [6.07, 6.45) is 0. The highest BCUT2D eigenvalue weighted by molar-refractivity contribution is 9.10. The van der Waals surface area contributed by atoms with Gasteiger partial charge in [-0.15, -0.1) is 0 Å². The van der Waals surface area contributed by atoms with Crippen LogP contribution in [0.3, 0.4) is 0 Å². The maximum absolute atomic E-state index is 3.59. The van der Waals surface area contributed by atoms with Crippen molar-refractivity contribution in [3.63, 3.8) is 0 Å². The van der Waals surface area contributed by atoms with Gasteiger partial charge in [0.25, 0.3) is 0 Å². The van der Waals surface area contributed by atoms with Crippen molar-refractivity contribution in [1.82, 2.24) is 0 Å². The Morgan fingerprint density at radius 2 is 0.367 bits per heavy atom. The summed E-state index contributed by atoms with van der Waals surface area (Å²) in [6, 6.07) is 115. The van der Waals surface area contributed by atoms with Crippen LogP contribution in [-0.2, 0) is 0 Å². The zero-order valence-electron chi connectivity index (χ0n) is 43.4. The molecule has 0 saturated heterocycles. The Bertz CT molecular complexity index is 4150. The molecular formula is C76H53BrN2. The van der Waals surface area contributed by atoms with Crippen molar-refractivity contribution in [2.45, 2.75) is 0 Å². The minimum atomic E-state index is 1.06. The molecule has 0 atom stereocenters. The molecule has 0 aliphatic carbocycles. The van der Waals surface area contributed by atoms with Crippen LogP contribution >= 0.6 is 15.9 Å². The van der Waals surface area contributed by atoms with Crippen molar-refractivity contribution < 1.29 is 0 Å². The molecule has 0 amide bonds. The molecule has 0 fully saturated rings. The lowest BCUT2D eigenvalue weighted by Crippen LogP contribution is -2.09. The molecular weight excluding hydrogens is 1020 g/mol. The third-order valence-corrected chi connectivity index (χ3v) is 15.5. The minimum Gasteiger partial charge on any atom is -0.311 e. The third-order valence-electron chi connectivity index (χ3n) is 14.9. The first kappa shape index (κ1) is 48.8. The molecule has 3 heteroatoms. The average molecular weight is 1070 g/mol. The first-order valence-electron chi connectivity index (χ1n) is 26.8. The third kappa shape index (κ3) is 10.6. The number of hydrogen-bond acceptors (Lipinski definition) is 2. The van der Waals surface area contributed by atoms with E-state index in [1.165, 1.54) is 87.6 Å². The summed E-state index contributed by atoms with van der Waals surface area (Å²) in [6.45, 7) is 0. The van der Waals surface area contributed by atoms with Crippen molar-refractivity contribution in [2.24, 2.45) is 0 Å². The van der Waals surface area contributed by atoms with Crippen LogP contribution in [0.1, 0.15) is 0 Å². The van der Waals surface area contributed by atoms with Crippen LogP contribution < -0.4 is 9.80 Å². The number of nitrogens with zero attached hydrogens (tertiary/aromatic N) is 2. The molecule has 0 N–H and O–H groups in total. The second kappa shape index (κ2) is 22.0. The predicted octanol–water partition coefficient (Wildman–Crippen LogP) is 22.4. The van der Waals surface area contributed by atoms with Gasteiger partial charge in [-0.1, -0.05) is 228 Å². The van der Waals surface area contributed by atoms with Crippen molar-refractivity contribution in [3.05, 3.63) is 326 Å². The molecule has 0 aromatic heterocycles. The van der Waals surface area contributed by atoms with Crippen LogP contribution in [0.25, 0.3) is 87.6 Å². The highest BCUT2D eigenvalue weighted by Crippen LogP contribution is 2.40. The molecule has 14 aromatic carbocycles. The summed E-state index contributed by atoms with van der Waals surface area (Å²) >= 11 is 3.59. The van der Waals surface area contributed by atoms with Crippen LogP contribution in [0, 0.1) is 0 Å². The number of benzene rings is 14. The fourth-order valence-electron chi connectivity index (χ4n) is 10.7. The molecule has 0 unspecified atom stereocenters. The molecule has 0 aliphatic rings. The Labute approximate surface area is 470 Å². The topological polar surface area (TPSA) is 6.48 Å². The Balaban J connectivity index is 0.000000150. The van der Waals surface area contributed by atoms with Crippen LogP contribution in [0.5, 0.6) is 0 Å². The monoisotopic (exact) mass is 1070 g/mol. The van der Waals surface area contributed by atoms with Gasteiger partial charge in [0.05, 0.1) is 0 Å². The molecule has 0 aliphatic heterocycles. The molecule has 2 nitrogen and oxygen atoms in total. The summed E-state index contributed by atoms with van der Waals surface area (Å²) in [5.41, 5.74) is 16.5. The zero-order valence-corrected chi connectivity index (χ0v) is 45.0. The Morgan fingerprint density at radius 3 is 0.633 bits per heavy atom. The Kier molecular flexibility index (Phi) is 13.6. The smallest absolute Gasteiger partial charge is 0.0462 e. The maximum atomic E-state index is 3.59. The lowest BCUT2D eigenvalue weighted by Gasteiger charge is -2.26. The fraction of sp³-hybridized carbons (Fsp3) is 0. The summed E-state index contributed by atoms with van der Waals surface area (Å²) in [4.78, 5) is 4.62. The summed E-state index contributed by atoms with van der Waals surface area (Å²) in [5.74, 6) is 0.